The molecule has 0 radical (unpaired) electrons. The van der Waals surface area contributed by atoms with Gasteiger partial charge >= 0.3 is 0 Å². The molecule has 0 spiro atoms. The fourth-order valence-corrected chi connectivity index (χ4v) is 7.20. The third-order valence-corrected chi connectivity index (χ3v) is 9.40. The number of para-hydroxylation sites is 5. The van der Waals surface area contributed by atoms with Gasteiger partial charge in [0.2, 0.25) is 0 Å². The van der Waals surface area contributed by atoms with Crippen molar-refractivity contribution in [3.63, 3.8) is 0 Å². The molecule has 0 aliphatic rings. The third kappa shape index (κ3) is 4.10. The predicted octanol–water partition coefficient (Wildman–Crippen LogP) is 11.6. The highest BCUT2D eigenvalue weighted by atomic mass is 16.3. The van der Waals surface area contributed by atoms with Crippen LogP contribution < -0.4 is 0 Å². The summed E-state index contributed by atoms with van der Waals surface area (Å²) in [5.74, 6) is 0. The predicted molar refractivity (Wildman–Crippen MR) is 197 cm³/mol. The van der Waals surface area contributed by atoms with Gasteiger partial charge in [-0.25, -0.2) is 9.97 Å². The minimum absolute atomic E-state index is 0.856. The Morgan fingerprint density at radius 3 is 1.83 bits per heavy atom. The largest absolute Gasteiger partial charge is 0.456 e. The van der Waals surface area contributed by atoms with Gasteiger partial charge in [-0.15, -0.1) is 0 Å². The van der Waals surface area contributed by atoms with Crippen LogP contribution in [0, 0.1) is 0 Å². The van der Waals surface area contributed by atoms with Crippen molar-refractivity contribution >= 4 is 54.8 Å². The standard InChI is InChI=1S/C44H27N3O/c1-2-11-31(12-3-1)47-38-18-8-4-13-33(38)34-26-25-30(27-39(34)47)44-43(45-36-16-6-7-17-37(36)46-44)29-23-21-28(22-24-29)32-15-10-20-41-42(32)35-14-5-9-19-40(35)48-41/h1-27H. The molecule has 0 aliphatic heterocycles. The Morgan fingerprint density at radius 1 is 0.417 bits per heavy atom. The summed E-state index contributed by atoms with van der Waals surface area (Å²) in [6.07, 6.45) is 0. The molecule has 3 aromatic heterocycles. The number of hydrogen-bond donors (Lipinski definition) is 0. The molecule has 3 heterocycles. The number of fused-ring (bicyclic) bond motifs is 7. The van der Waals surface area contributed by atoms with Gasteiger partial charge in [0.15, 0.2) is 0 Å². The van der Waals surface area contributed by atoms with Crippen LogP contribution in [0.25, 0.3) is 94.1 Å². The number of rotatable bonds is 4. The first-order valence-electron chi connectivity index (χ1n) is 16.2. The van der Waals surface area contributed by atoms with Crippen LogP contribution in [0.4, 0.5) is 0 Å². The highest BCUT2D eigenvalue weighted by molar-refractivity contribution is 6.13. The van der Waals surface area contributed by atoms with E-state index < -0.39 is 0 Å². The first-order chi connectivity index (χ1) is 23.8. The molecule has 0 amide bonds. The molecular formula is C44H27N3O. The Hall–Kier alpha value is -6.52. The van der Waals surface area contributed by atoms with E-state index in [0.717, 1.165) is 77.8 Å². The van der Waals surface area contributed by atoms with Gasteiger partial charge in [-0.3, -0.25) is 0 Å². The second-order valence-electron chi connectivity index (χ2n) is 12.2. The monoisotopic (exact) mass is 613 g/mol. The van der Waals surface area contributed by atoms with Crippen molar-refractivity contribution in [1.82, 2.24) is 14.5 Å². The molecule has 0 bridgehead atoms. The van der Waals surface area contributed by atoms with Crippen molar-refractivity contribution in [2.45, 2.75) is 0 Å². The molecule has 0 saturated heterocycles. The molecule has 0 atom stereocenters. The van der Waals surface area contributed by atoms with E-state index in [1.165, 1.54) is 16.3 Å². The van der Waals surface area contributed by atoms with Crippen LogP contribution >= 0.6 is 0 Å². The summed E-state index contributed by atoms with van der Waals surface area (Å²) in [5, 5.41) is 4.69. The average molecular weight is 614 g/mol. The molecule has 10 rings (SSSR count). The van der Waals surface area contributed by atoms with Gasteiger partial charge in [0, 0.05) is 38.4 Å². The minimum atomic E-state index is 0.856. The molecule has 48 heavy (non-hydrogen) atoms. The average Bonchev–Trinajstić information content (AvgIpc) is 3.70. The smallest absolute Gasteiger partial charge is 0.136 e. The highest BCUT2D eigenvalue weighted by Crippen LogP contribution is 2.40. The Morgan fingerprint density at radius 2 is 1.02 bits per heavy atom. The van der Waals surface area contributed by atoms with Crippen LogP contribution in [0.3, 0.4) is 0 Å². The van der Waals surface area contributed by atoms with Gasteiger partial charge < -0.3 is 8.98 Å². The molecule has 0 N–H and O–H groups in total. The first kappa shape index (κ1) is 26.7. The summed E-state index contributed by atoms with van der Waals surface area (Å²) >= 11 is 0. The van der Waals surface area contributed by atoms with E-state index in [-0.39, 0.29) is 0 Å². The highest BCUT2D eigenvalue weighted by Gasteiger charge is 2.18. The quantitative estimate of drug-likeness (QED) is 0.198. The molecule has 0 saturated carbocycles. The summed E-state index contributed by atoms with van der Waals surface area (Å²) < 4.78 is 8.52. The lowest BCUT2D eigenvalue weighted by Crippen LogP contribution is -1.97. The third-order valence-electron chi connectivity index (χ3n) is 9.40. The summed E-state index contributed by atoms with van der Waals surface area (Å²) in [6.45, 7) is 0. The molecule has 0 unspecified atom stereocenters. The van der Waals surface area contributed by atoms with Crippen molar-refractivity contribution in [3.8, 4) is 39.3 Å². The number of benzene rings is 7. The minimum Gasteiger partial charge on any atom is -0.456 e. The number of hydrogen-bond acceptors (Lipinski definition) is 3. The van der Waals surface area contributed by atoms with Crippen molar-refractivity contribution in [1.29, 1.82) is 0 Å². The van der Waals surface area contributed by atoms with Gasteiger partial charge in [-0.1, -0.05) is 115 Å². The maximum Gasteiger partial charge on any atom is 0.136 e. The van der Waals surface area contributed by atoms with Gasteiger partial charge in [-0.2, -0.15) is 0 Å². The second kappa shape index (κ2) is 10.5. The van der Waals surface area contributed by atoms with E-state index in [9.17, 15) is 0 Å². The SMILES string of the molecule is c1ccc(-n2c3ccccc3c3ccc(-c4nc5ccccc5nc4-c4ccc(-c5cccc6oc7ccccc7c56)cc4)cc32)cc1. The lowest BCUT2D eigenvalue weighted by Gasteiger charge is -2.13. The van der Waals surface area contributed by atoms with Crippen LogP contribution in [0.5, 0.6) is 0 Å². The Balaban J connectivity index is 1.16. The number of furan rings is 1. The molecule has 7 aromatic carbocycles. The lowest BCUT2D eigenvalue weighted by molar-refractivity contribution is 0.669. The first-order valence-corrected chi connectivity index (χ1v) is 16.2. The summed E-state index contributed by atoms with van der Waals surface area (Å²) in [5.41, 5.74) is 13.0. The Labute approximate surface area is 276 Å². The molecule has 4 nitrogen and oxygen atoms in total. The van der Waals surface area contributed by atoms with Crippen LogP contribution in [-0.4, -0.2) is 14.5 Å². The van der Waals surface area contributed by atoms with E-state index in [1.807, 2.05) is 42.5 Å². The number of nitrogens with zero attached hydrogens (tertiary/aromatic N) is 3. The summed E-state index contributed by atoms with van der Waals surface area (Å²) in [7, 11) is 0. The van der Waals surface area contributed by atoms with Crippen LogP contribution in [0.15, 0.2) is 168 Å². The molecule has 224 valence electrons. The molecular weight excluding hydrogens is 587 g/mol. The zero-order valence-corrected chi connectivity index (χ0v) is 25.8. The normalized spacial score (nSPS) is 11.8. The molecule has 4 heteroatoms. The van der Waals surface area contributed by atoms with E-state index in [0.29, 0.717) is 0 Å². The summed E-state index contributed by atoms with van der Waals surface area (Å²) in [4.78, 5) is 10.5. The van der Waals surface area contributed by atoms with E-state index >= 15 is 0 Å². The van der Waals surface area contributed by atoms with Gasteiger partial charge in [0.25, 0.3) is 0 Å². The fraction of sp³-hybridized carbons (Fsp3) is 0. The van der Waals surface area contributed by atoms with Crippen LogP contribution in [0.1, 0.15) is 0 Å². The van der Waals surface area contributed by atoms with Gasteiger partial charge in [0.05, 0.1) is 33.5 Å². The maximum absolute atomic E-state index is 6.18. The van der Waals surface area contributed by atoms with Crippen molar-refractivity contribution < 1.29 is 4.42 Å². The second-order valence-corrected chi connectivity index (χ2v) is 12.2. The molecule has 0 fully saturated rings. The van der Waals surface area contributed by atoms with E-state index in [2.05, 4.69) is 126 Å². The van der Waals surface area contributed by atoms with Crippen molar-refractivity contribution in [2.24, 2.45) is 0 Å². The van der Waals surface area contributed by atoms with Crippen molar-refractivity contribution in [3.05, 3.63) is 164 Å². The molecule has 10 aromatic rings. The van der Waals surface area contributed by atoms with Gasteiger partial charge in [-0.05, 0) is 59.7 Å². The van der Waals surface area contributed by atoms with Crippen LogP contribution in [0.2, 0.25) is 0 Å². The van der Waals surface area contributed by atoms with E-state index in [1.54, 1.807) is 0 Å². The lowest BCUT2D eigenvalue weighted by atomic mass is 9.96. The number of aromatic nitrogens is 3. The fourth-order valence-electron chi connectivity index (χ4n) is 7.20. The van der Waals surface area contributed by atoms with Gasteiger partial charge in [0.1, 0.15) is 11.2 Å². The van der Waals surface area contributed by atoms with E-state index in [4.69, 9.17) is 14.4 Å². The maximum atomic E-state index is 6.18. The van der Waals surface area contributed by atoms with Crippen molar-refractivity contribution in [2.75, 3.05) is 0 Å². The Bertz CT molecular complexity index is 2830. The zero-order chi connectivity index (χ0) is 31.6. The topological polar surface area (TPSA) is 43.9 Å². The Kier molecular flexibility index (Phi) is 5.84. The molecule has 0 aliphatic carbocycles. The van der Waals surface area contributed by atoms with Crippen LogP contribution in [-0.2, 0) is 0 Å². The summed E-state index contributed by atoms with van der Waals surface area (Å²) in [6, 6.07) is 57.2. The zero-order valence-electron chi connectivity index (χ0n) is 25.8.